The third-order valence-corrected chi connectivity index (χ3v) is 2.61. The van der Waals surface area contributed by atoms with Crippen LogP contribution in [-0.4, -0.2) is 30.0 Å². The van der Waals surface area contributed by atoms with E-state index in [1.165, 1.54) is 0 Å². The molecule has 1 N–H and O–H groups in total. The Bertz CT molecular complexity index is 271. The predicted octanol–water partition coefficient (Wildman–Crippen LogP) is 1.59. The predicted molar refractivity (Wildman–Crippen MR) is 50.7 cm³/mol. The molecule has 1 saturated heterocycles. The Balaban J connectivity index is 1.82. The lowest BCUT2D eigenvalue weighted by atomic mass is 10.1. The fourth-order valence-electron chi connectivity index (χ4n) is 1.28. The van der Waals surface area contributed by atoms with Gasteiger partial charge in [-0.25, -0.2) is 5.10 Å². The van der Waals surface area contributed by atoms with E-state index in [4.69, 9.17) is 9.47 Å². The fraction of sp³-hybridized carbons (Fsp3) is 0.625. The molecule has 5 heteroatoms. The standard InChI is InChI=1S/C8H11BrN2O2/c9-7-3-10-11-8(7)13-5-6-1-2-12-4-6/h3,6H,1-2,4-5H2,(H,10,11). The lowest BCUT2D eigenvalue weighted by Crippen LogP contribution is -2.11. The lowest BCUT2D eigenvalue weighted by molar-refractivity contribution is 0.165. The first-order valence-electron chi connectivity index (χ1n) is 4.25. The number of aromatic amines is 1. The first-order chi connectivity index (χ1) is 6.36. The van der Waals surface area contributed by atoms with E-state index < -0.39 is 0 Å². The Morgan fingerprint density at radius 2 is 2.69 bits per heavy atom. The monoisotopic (exact) mass is 246 g/mol. The normalized spacial score (nSPS) is 22.1. The minimum atomic E-state index is 0.523. The SMILES string of the molecule is Brc1cn[nH]c1OCC1CCOC1. The largest absolute Gasteiger partial charge is 0.477 e. The van der Waals surface area contributed by atoms with Gasteiger partial charge in [-0.1, -0.05) is 0 Å². The zero-order chi connectivity index (χ0) is 9.10. The summed E-state index contributed by atoms with van der Waals surface area (Å²) < 4.78 is 11.6. The topological polar surface area (TPSA) is 47.1 Å². The Kier molecular flexibility index (Phi) is 2.85. The van der Waals surface area contributed by atoms with Gasteiger partial charge in [-0.2, -0.15) is 5.10 Å². The maximum atomic E-state index is 5.52. The summed E-state index contributed by atoms with van der Waals surface area (Å²) >= 11 is 3.33. The third kappa shape index (κ3) is 2.22. The number of ether oxygens (including phenoxy) is 2. The Hall–Kier alpha value is -0.550. The molecule has 1 fully saturated rings. The van der Waals surface area contributed by atoms with Gasteiger partial charge in [0.1, 0.15) is 0 Å². The van der Waals surface area contributed by atoms with Crippen LogP contribution in [0, 0.1) is 5.92 Å². The van der Waals surface area contributed by atoms with E-state index >= 15 is 0 Å². The summed E-state index contributed by atoms with van der Waals surface area (Å²) in [6.07, 6.45) is 2.77. The van der Waals surface area contributed by atoms with Crippen molar-refractivity contribution in [3.05, 3.63) is 10.7 Å². The first-order valence-corrected chi connectivity index (χ1v) is 5.05. The van der Waals surface area contributed by atoms with Crippen LogP contribution in [0.1, 0.15) is 6.42 Å². The molecule has 0 spiro atoms. The highest BCUT2D eigenvalue weighted by Crippen LogP contribution is 2.22. The summed E-state index contributed by atoms with van der Waals surface area (Å²) in [7, 11) is 0. The van der Waals surface area contributed by atoms with Crippen molar-refractivity contribution >= 4 is 15.9 Å². The molecule has 1 atom stereocenters. The molecule has 0 aliphatic carbocycles. The van der Waals surface area contributed by atoms with Crippen molar-refractivity contribution in [1.82, 2.24) is 10.2 Å². The number of nitrogens with zero attached hydrogens (tertiary/aromatic N) is 1. The van der Waals surface area contributed by atoms with Gasteiger partial charge in [0.2, 0.25) is 5.88 Å². The highest BCUT2D eigenvalue weighted by Gasteiger charge is 2.16. The lowest BCUT2D eigenvalue weighted by Gasteiger charge is -2.08. The molecule has 2 rings (SSSR count). The number of hydrogen-bond donors (Lipinski definition) is 1. The molecule has 0 amide bonds. The summed E-state index contributed by atoms with van der Waals surface area (Å²) in [5.74, 6) is 1.22. The maximum absolute atomic E-state index is 5.52. The van der Waals surface area contributed by atoms with Crippen molar-refractivity contribution in [3.63, 3.8) is 0 Å². The fourth-order valence-corrected chi connectivity index (χ4v) is 1.58. The van der Waals surface area contributed by atoms with Gasteiger partial charge in [-0.3, -0.25) is 0 Å². The number of hydrogen-bond acceptors (Lipinski definition) is 3. The van der Waals surface area contributed by atoms with Crippen molar-refractivity contribution in [2.45, 2.75) is 6.42 Å². The quantitative estimate of drug-likeness (QED) is 0.882. The van der Waals surface area contributed by atoms with Crippen LogP contribution in [0.4, 0.5) is 0 Å². The highest BCUT2D eigenvalue weighted by atomic mass is 79.9. The van der Waals surface area contributed by atoms with Crippen LogP contribution in [0.3, 0.4) is 0 Å². The maximum Gasteiger partial charge on any atom is 0.223 e. The van der Waals surface area contributed by atoms with Crippen LogP contribution in [-0.2, 0) is 4.74 Å². The van der Waals surface area contributed by atoms with Gasteiger partial charge < -0.3 is 9.47 Å². The summed E-state index contributed by atoms with van der Waals surface area (Å²) in [6.45, 7) is 2.37. The molecular formula is C8H11BrN2O2. The number of rotatable bonds is 3. The van der Waals surface area contributed by atoms with Crippen LogP contribution >= 0.6 is 15.9 Å². The Morgan fingerprint density at radius 1 is 1.77 bits per heavy atom. The smallest absolute Gasteiger partial charge is 0.223 e. The molecule has 2 heterocycles. The zero-order valence-corrected chi connectivity index (χ0v) is 8.71. The van der Waals surface area contributed by atoms with E-state index in [0.29, 0.717) is 18.4 Å². The molecule has 1 unspecified atom stereocenters. The zero-order valence-electron chi connectivity index (χ0n) is 7.12. The average Bonchev–Trinajstić information content (AvgIpc) is 2.72. The second kappa shape index (κ2) is 4.11. The van der Waals surface area contributed by atoms with Gasteiger partial charge in [-0.05, 0) is 22.4 Å². The van der Waals surface area contributed by atoms with E-state index in [2.05, 4.69) is 26.1 Å². The molecular weight excluding hydrogens is 236 g/mol. The average molecular weight is 247 g/mol. The Labute approximate surface area is 84.7 Å². The van der Waals surface area contributed by atoms with Gasteiger partial charge in [0.25, 0.3) is 0 Å². The molecule has 13 heavy (non-hydrogen) atoms. The highest BCUT2D eigenvalue weighted by molar-refractivity contribution is 9.10. The molecule has 1 aliphatic heterocycles. The van der Waals surface area contributed by atoms with Crippen LogP contribution in [0.2, 0.25) is 0 Å². The summed E-state index contributed by atoms with van der Waals surface area (Å²) in [4.78, 5) is 0. The minimum Gasteiger partial charge on any atom is -0.477 e. The van der Waals surface area contributed by atoms with Gasteiger partial charge in [-0.15, -0.1) is 0 Å². The molecule has 0 aromatic carbocycles. The van der Waals surface area contributed by atoms with E-state index in [1.807, 2.05) is 0 Å². The first kappa shape index (κ1) is 9.02. The van der Waals surface area contributed by atoms with Crippen molar-refractivity contribution in [2.75, 3.05) is 19.8 Å². The van der Waals surface area contributed by atoms with Gasteiger partial charge >= 0.3 is 0 Å². The van der Waals surface area contributed by atoms with Crippen LogP contribution in [0.15, 0.2) is 10.7 Å². The summed E-state index contributed by atoms with van der Waals surface area (Å²) in [5.41, 5.74) is 0. The molecule has 1 aromatic heterocycles. The van der Waals surface area contributed by atoms with Crippen molar-refractivity contribution in [2.24, 2.45) is 5.92 Å². The van der Waals surface area contributed by atoms with E-state index in [0.717, 1.165) is 24.1 Å². The second-order valence-corrected chi connectivity index (χ2v) is 3.94. The van der Waals surface area contributed by atoms with Crippen LogP contribution in [0.25, 0.3) is 0 Å². The van der Waals surface area contributed by atoms with Gasteiger partial charge in [0.05, 0.1) is 23.9 Å². The van der Waals surface area contributed by atoms with Crippen molar-refractivity contribution in [1.29, 1.82) is 0 Å². The number of nitrogens with one attached hydrogen (secondary N) is 1. The second-order valence-electron chi connectivity index (χ2n) is 3.09. The minimum absolute atomic E-state index is 0.523. The van der Waals surface area contributed by atoms with E-state index in [-0.39, 0.29) is 0 Å². The van der Waals surface area contributed by atoms with Gasteiger partial charge in [0.15, 0.2) is 0 Å². The summed E-state index contributed by atoms with van der Waals surface area (Å²) in [6, 6.07) is 0. The Morgan fingerprint density at radius 3 is 3.31 bits per heavy atom. The van der Waals surface area contributed by atoms with E-state index in [9.17, 15) is 0 Å². The molecule has 4 nitrogen and oxygen atoms in total. The van der Waals surface area contributed by atoms with Crippen molar-refractivity contribution < 1.29 is 9.47 Å². The van der Waals surface area contributed by atoms with Gasteiger partial charge in [0, 0.05) is 12.5 Å². The third-order valence-electron chi connectivity index (χ3n) is 2.05. The number of H-pyrrole nitrogens is 1. The summed E-state index contributed by atoms with van der Waals surface area (Å²) in [5, 5.41) is 6.61. The number of aromatic nitrogens is 2. The van der Waals surface area contributed by atoms with Crippen LogP contribution in [0.5, 0.6) is 5.88 Å². The molecule has 1 aromatic rings. The van der Waals surface area contributed by atoms with Crippen LogP contribution < -0.4 is 4.74 Å². The molecule has 72 valence electrons. The molecule has 0 saturated carbocycles. The molecule has 1 aliphatic rings. The molecule has 0 radical (unpaired) electrons. The van der Waals surface area contributed by atoms with Crippen molar-refractivity contribution in [3.8, 4) is 5.88 Å². The number of halogens is 1. The van der Waals surface area contributed by atoms with E-state index in [1.54, 1.807) is 6.20 Å². The molecule has 0 bridgehead atoms.